The van der Waals surface area contributed by atoms with Crippen LogP contribution in [0.1, 0.15) is 11.1 Å². The molecule has 2 heterocycles. The van der Waals surface area contributed by atoms with Gasteiger partial charge in [-0.3, -0.25) is 107 Å². The van der Waals surface area contributed by atoms with E-state index < -0.39 is 98.3 Å². The fraction of sp³-hybridized carbons (Fsp3) is 0.589. The normalized spacial score (nSPS) is 16.8. The first-order valence-electron chi connectivity index (χ1n) is 28.9. The van der Waals surface area contributed by atoms with Gasteiger partial charge in [0.05, 0.1) is 72.0 Å². The number of carboxylic acid groups (broad SMARTS) is 9. The summed E-state index contributed by atoms with van der Waals surface area (Å²) < 4.78 is 0. The molecule has 0 aliphatic carbocycles. The molecule has 0 unspecified atom stereocenters. The average Bonchev–Trinajstić information content (AvgIpc) is 3.65. The lowest BCUT2D eigenvalue weighted by Crippen LogP contribution is -2.48. The molecule has 0 atom stereocenters. The molecule has 0 spiro atoms. The van der Waals surface area contributed by atoms with E-state index in [-0.39, 0.29) is 118 Å². The van der Waals surface area contributed by atoms with E-state index in [1.807, 2.05) is 9.80 Å². The Balaban J connectivity index is 1.34. The largest absolute Gasteiger partial charge is 0.480 e. The molecule has 2 saturated heterocycles. The van der Waals surface area contributed by atoms with Crippen LogP contribution in [-0.2, 0) is 65.8 Å². The van der Waals surface area contributed by atoms with Crippen molar-refractivity contribution in [1.82, 2.24) is 53.9 Å². The van der Waals surface area contributed by atoms with Gasteiger partial charge in [0.1, 0.15) is 0 Å². The van der Waals surface area contributed by atoms with Crippen molar-refractivity contribution in [2.24, 2.45) is 0 Å². The zero-order valence-electron chi connectivity index (χ0n) is 49.9. The standard InChI is InChI=1S/C56H85N13O20/c70-46(57-44-5-1-42(2-6-44)29-59-9-13-61(33-48(72)73)17-21-65(37-52(80)81)22-18-62(14-10-59)34-49(74)75)31-68(40-55(86)87)27-25-67(39-54(84)85)26-28-69(41-56(88)89)32-47(71)58-45-7-3-43(4-8-45)30-60-11-15-63(35-50(76)77)19-23-66(38-53(82)83)24-20-64(16-12-60)36-51(78)79/h1-8H,9-41H2,(H,57,70)(H,58,71)(H,72,73)(H,74,75)(H,76,77)(H,78,79)(H,80,81)(H,82,83)(H,84,85)(H,86,87)(H,88,89). The molecule has 89 heavy (non-hydrogen) atoms. The van der Waals surface area contributed by atoms with Crippen molar-refractivity contribution < 1.29 is 98.7 Å². The number of anilines is 2. The summed E-state index contributed by atoms with van der Waals surface area (Å²) in [5.74, 6) is -11.3. The number of nitrogens with one attached hydrogen (secondary N) is 2. The number of amides is 2. The number of rotatable bonds is 34. The third-order valence-electron chi connectivity index (χ3n) is 14.6. The molecule has 2 aliphatic rings. The van der Waals surface area contributed by atoms with Crippen molar-refractivity contribution in [2.45, 2.75) is 13.1 Å². The Bertz CT molecular complexity index is 2420. The molecule has 33 heteroatoms. The molecule has 0 radical (unpaired) electrons. The van der Waals surface area contributed by atoms with Crippen LogP contribution < -0.4 is 10.6 Å². The number of nitrogens with zero attached hydrogens (tertiary/aromatic N) is 11. The first kappa shape index (κ1) is 73.6. The van der Waals surface area contributed by atoms with E-state index in [9.17, 15) is 98.7 Å². The molecule has 2 amide bonds. The molecule has 2 aromatic carbocycles. The van der Waals surface area contributed by atoms with Crippen molar-refractivity contribution in [3.63, 3.8) is 0 Å². The highest BCUT2D eigenvalue weighted by atomic mass is 16.4. The van der Waals surface area contributed by atoms with Crippen molar-refractivity contribution in [3.8, 4) is 0 Å². The minimum absolute atomic E-state index is 0.0746. The first-order chi connectivity index (χ1) is 42.2. The number of benzene rings is 2. The third-order valence-corrected chi connectivity index (χ3v) is 14.6. The summed E-state index contributed by atoms with van der Waals surface area (Å²) >= 11 is 0. The minimum atomic E-state index is -1.27. The van der Waals surface area contributed by atoms with E-state index in [4.69, 9.17) is 0 Å². The van der Waals surface area contributed by atoms with Crippen molar-refractivity contribution in [3.05, 3.63) is 59.7 Å². The van der Waals surface area contributed by atoms with Gasteiger partial charge in [-0.25, -0.2) is 0 Å². The molecule has 0 saturated carbocycles. The fourth-order valence-corrected chi connectivity index (χ4v) is 10.1. The van der Waals surface area contributed by atoms with E-state index in [1.54, 1.807) is 77.9 Å². The van der Waals surface area contributed by atoms with Crippen LogP contribution in [0.2, 0.25) is 0 Å². The van der Waals surface area contributed by atoms with E-state index in [1.165, 1.54) is 14.7 Å². The van der Waals surface area contributed by atoms with Gasteiger partial charge in [-0.2, -0.15) is 0 Å². The maximum atomic E-state index is 13.4. The van der Waals surface area contributed by atoms with Gasteiger partial charge in [-0.1, -0.05) is 24.3 Å². The molecule has 2 aromatic rings. The predicted octanol–water partition coefficient (Wildman–Crippen LogP) is -3.63. The number of carbonyl (C=O) groups excluding carboxylic acids is 2. The second kappa shape index (κ2) is 39.2. The molecule has 0 aromatic heterocycles. The number of carbonyl (C=O) groups is 11. The maximum absolute atomic E-state index is 13.4. The molecule has 11 N–H and O–H groups in total. The third kappa shape index (κ3) is 32.8. The van der Waals surface area contributed by atoms with Gasteiger partial charge in [0.2, 0.25) is 11.8 Å². The highest BCUT2D eigenvalue weighted by Crippen LogP contribution is 2.15. The van der Waals surface area contributed by atoms with Gasteiger partial charge in [-0.05, 0) is 35.4 Å². The lowest BCUT2D eigenvalue weighted by Gasteiger charge is -2.33. The number of hydrogen-bond acceptors (Lipinski definition) is 22. The number of hydrogen-bond donors (Lipinski definition) is 11. The SMILES string of the molecule is O=C(O)CN1CCN(CC(=O)O)CCN(Cc2ccc(NC(=O)CN(CCN(CCN(CC(=O)O)CC(=O)Nc3ccc(CN4CCN(CC(=O)O)CCN(CC(=O)O)CCN(CC(=O)O)CC4)cc3)CC(=O)O)CC(=O)O)cc2)CCN(CC(=O)O)CC1. The van der Waals surface area contributed by atoms with E-state index >= 15 is 0 Å². The fourth-order valence-electron chi connectivity index (χ4n) is 10.1. The van der Waals surface area contributed by atoms with E-state index in [0.717, 1.165) is 11.1 Å². The van der Waals surface area contributed by atoms with E-state index in [0.29, 0.717) is 76.8 Å². The lowest BCUT2D eigenvalue weighted by atomic mass is 10.2. The summed E-state index contributed by atoms with van der Waals surface area (Å²) in [5.41, 5.74) is 2.34. The quantitative estimate of drug-likeness (QED) is 0.0322. The smallest absolute Gasteiger partial charge is 0.317 e. The Hall–Kier alpha value is -7.83. The Labute approximate surface area is 514 Å². The molecule has 494 valence electrons. The second-order valence-corrected chi connectivity index (χ2v) is 21.9. The van der Waals surface area contributed by atoms with Gasteiger partial charge in [0.25, 0.3) is 0 Å². The zero-order chi connectivity index (χ0) is 65.4. The number of aliphatic carboxylic acids is 9. The van der Waals surface area contributed by atoms with Crippen LogP contribution in [0.4, 0.5) is 11.4 Å². The van der Waals surface area contributed by atoms with E-state index in [2.05, 4.69) is 10.6 Å². The molecule has 0 bridgehead atoms. The molecule has 33 nitrogen and oxygen atoms in total. The van der Waals surface area contributed by atoms with Gasteiger partial charge >= 0.3 is 53.7 Å². The van der Waals surface area contributed by atoms with Gasteiger partial charge in [0, 0.05) is 155 Å². The second-order valence-electron chi connectivity index (χ2n) is 21.9. The van der Waals surface area contributed by atoms with Crippen LogP contribution in [0.15, 0.2) is 48.5 Å². The van der Waals surface area contributed by atoms with Crippen molar-refractivity contribution >= 4 is 76.9 Å². The van der Waals surface area contributed by atoms with Crippen LogP contribution in [0.3, 0.4) is 0 Å². The summed E-state index contributed by atoms with van der Waals surface area (Å²) in [4.78, 5) is 151. The van der Waals surface area contributed by atoms with Crippen molar-refractivity contribution in [2.75, 3.05) is 214 Å². The predicted molar refractivity (Wildman–Crippen MR) is 317 cm³/mol. The Morgan fingerprint density at radius 2 is 0.483 bits per heavy atom. The summed E-state index contributed by atoms with van der Waals surface area (Å²) in [6.45, 7) is 1.01. The van der Waals surface area contributed by atoms with Crippen LogP contribution >= 0.6 is 0 Å². The minimum Gasteiger partial charge on any atom is -0.480 e. The molecule has 2 aliphatic heterocycles. The topological polar surface area (TPSA) is 430 Å². The van der Waals surface area contributed by atoms with Gasteiger partial charge in [-0.15, -0.1) is 0 Å². The van der Waals surface area contributed by atoms with Gasteiger partial charge in [0.15, 0.2) is 0 Å². The highest BCUT2D eigenvalue weighted by molar-refractivity contribution is 5.93. The van der Waals surface area contributed by atoms with Crippen molar-refractivity contribution in [1.29, 1.82) is 0 Å². The van der Waals surface area contributed by atoms with Crippen LogP contribution in [-0.4, -0.2) is 368 Å². The molecule has 4 rings (SSSR count). The van der Waals surface area contributed by atoms with Crippen LogP contribution in [0.5, 0.6) is 0 Å². The lowest BCUT2D eigenvalue weighted by molar-refractivity contribution is -0.141. The average molecular weight is 1260 g/mol. The van der Waals surface area contributed by atoms with Gasteiger partial charge < -0.3 is 56.6 Å². The summed E-state index contributed by atoms with van der Waals surface area (Å²) in [7, 11) is 0. The summed E-state index contributed by atoms with van der Waals surface area (Å²) in [6, 6.07) is 13.6. The van der Waals surface area contributed by atoms with Crippen LogP contribution in [0.25, 0.3) is 0 Å². The van der Waals surface area contributed by atoms with Crippen LogP contribution in [0, 0.1) is 0 Å². The summed E-state index contributed by atoms with van der Waals surface area (Å²) in [6.07, 6.45) is 0. The zero-order valence-corrected chi connectivity index (χ0v) is 49.9. The maximum Gasteiger partial charge on any atom is 0.317 e. The molecule has 2 fully saturated rings. The Kier molecular flexibility index (Phi) is 32.5. The Morgan fingerprint density at radius 3 is 0.697 bits per heavy atom. The Morgan fingerprint density at radius 1 is 0.281 bits per heavy atom. The summed E-state index contributed by atoms with van der Waals surface area (Å²) in [5, 5.41) is 92.0. The molecular weight excluding hydrogens is 1170 g/mol. The molecular formula is C56H85N13O20. The highest BCUT2D eigenvalue weighted by Gasteiger charge is 2.25. The first-order valence-corrected chi connectivity index (χ1v) is 28.9. The monoisotopic (exact) mass is 1260 g/mol. The number of carboxylic acids is 9.